The second-order valence-electron chi connectivity index (χ2n) is 6.81. The van der Waals surface area contributed by atoms with Crippen LogP contribution in [0.5, 0.6) is 11.5 Å². The number of benzene rings is 2. The van der Waals surface area contributed by atoms with E-state index in [9.17, 15) is 8.42 Å². The quantitative estimate of drug-likeness (QED) is 0.578. The van der Waals surface area contributed by atoms with E-state index in [0.29, 0.717) is 29.6 Å². The van der Waals surface area contributed by atoms with Crippen molar-refractivity contribution in [3.05, 3.63) is 59.4 Å². The molecular weight excluding hydrogens is 394 g/mol. The highest BCUT2D eigenvalue weighted by atomic mass is 32.2. The summed E-state index contributed by atoms with van der Waals surface area (Å²) in [7, 11) is -3.30. The van der Waals surface area contributed by atoms with Gasteiger partial charge in [-0.05, 0) is 67.3 Å². The molecule has 0 bridgehead atoms. The lowest BCUT2D eigenvalue weighted by atomic mass is 10.0. The summed E-state index contributed by atoms with van der Waals surface area (Å²) in [6, 6.07) is 14.3. The maximum Gasteiger partial charge on any atom is 0.178 e. The highest BCUT2D eigenvalue weighted by molar-refractivity contribution is 7.91. The fraction of sp³-hybridized carbons (Fsp3) is 0.286. The Hall–Kier alpha value is -2.22. The monoisotopic (exact) mass is 415 g/mol. The number of hydrogen-bond acceptors (Lipinski definition) is 6. The predicted molar refractivity (Wildman–Crippen MR) is 110 cm³/mol. The Morgan fingerprint density at radius 1 is 1.00 bits per heavy atom. The SMILES string of the molecule is O=S(=O)(CC1CCOCC1)c1ccc(Oc2ccc(-c3cscn3)cc2)cc1. The average Bonchev–Trinajstić information content (AvgIpc) is 3.24. The van der Waals surface area contributed by atoms with Crippen LogP contribution in [0.25, 0.3) is 11.3 Å². The number of sulfone groups is 1. The number of nitrogens with zero attached hydrogens (tertiary/aromatic N) is 1. The molecule has 7 heteroatoms. The van der Waals surface area contributed by atoms with Crippen molar-refractivity contribution in [3.63, 3.8) is 0 Å². The summed E-state index contributed by atoms with van der Waals surface area (Å²) in [5.41, 5.74) is 3.77. The van der Waals surface area contributed by atoms with Gasteiger partial charge in [-0.15, -0.1) is 11.3 Å². The molecular formula is C21H21NO4S2. The van der Waals surface area contributed by atoms with Gasteiger partial charge in [0.05, 0.1) is 21.9 Å². The van der Waals surface area contributed by atoms with Crippen LogP contribution in [0.15, 0.2) is 64.3 Å². The first-order chi connectivity index (χ1) is 13.6. The molecule has 0 unspecified atom stereocenters. The minimum Gasteiger partial charge on any atom is -0.457 e. The van der Waals surface area contributed by atoms with E-state index in [1.165, 1.54) is 0 Å². The van der Waals surface area contributed by atoms with E-state index in [1.54, 1.807) is 41.1 Å². The fourth-order valence-corrected chi connectivity index (χ4v) is 5.48. The Bertz CT molecular complexity index is 992. The van der Waals surface area contributed by atoms with Crippen molar-refractivity contribution in [2.75, 3.05) is 19.0 Å². The summed E-state index contributed by atoms with van der Waals surface area (Å²) in [6.07, 6.45) is 1.61. The van der Waals surface area contributed by atoms with E-state index in [2.05, 4.69) is 4.98 Å². The van der Waals surface area contributed by atoms with Gasteiger partial charge < -0.3 is 9.47 Å². The molecule has 3 aromatic rings. The maximum absolute atomic E-state index is 12.6. The standard InChI is InChI=1S/C21H21NO4S2/c23-28(24,14-16-9-11-25-12-10-16)20-7-5-19(6-8-20)26-18-3-1-17(2-4-18)21-13-27-15-22-21/h1-8,13,15-16H,9-12,14H2. The minimum atomic E-state index is -3.30. The highest BCUT2D eigenvalue weighted by Gasteiger charge is 2.23. The molecule has 1 aliphatic rings. The molecule has 2 aromatic carbocycles. The Balaban J connectivity index is 1.41. The third-order valence-electron chi connectivity index (χ3n) is 4.80. The van der Waals surface area contributed by atoms with Gasteiger partial charge in [0.15, 0.2) is 9.84 Å². The van der Waals surface area contributed by atoms with Crippen LogP contribution in [0, 0.1) is 5.92 Å². The molecule has 1 aliphatic heterocycles. The lowest BCUT2D eigenvalue weighted by Crippen LogP contribution is -2.23. The number of thiazole rings is 1. The number of ether oxygens (including phenoxy) is 2. The molecule has 0 amide bonds. The van der Waals surface area contributed by atoms with Crippen molar-refractivity contribution in [2.45, 2.75) is 17.7 Å². The Morgan fingerprint density at radius 2 is 1.64 bits per heavy atom. The van der Waals surface area contributed by atoms with Crippen molar-refractivity contribution in [2.24, 2.45) is 5.92 Å². The van der Waals surface area contributed by atoms with E-state index in [4.69, 9.17) is 9.47 Å². The van der Waals surface area contributed by atoms with Crippen molar-refractivity contribution in [1.82, 2.24) is 4.98 Å². The van der Waals surface area contributed by atoms with Gasteiger partial charge in [-0.2, -0.15) is 0 Å². The number of hydrogen-bond donors (Lipinski definition) is 0. The fourth-order valence-electron chi connectivity index (χ4n) is 3.22. The van der Waals surface area contributed by atoms with E-state index >= 15 is 0 Å². The molecule has 1 aromatic heterocycles. The van der Waals surface area contributed by atoms with Crippen LogP contribution in [0.4, 0.5) is 0 Å². The van der Waals surface area contributed by atoms with Gasteiger partial charge in [0.1, 0.15) is 11.5 Å². The zero-order valence-corrected chi connectivity index (χ0v) is 16.9. The van der Waals surface area contributed by atoms with Crippen LogP contribution in [-0.4, -0.2) is 32.4 Å². The van der Waals surface area contributed by atoms with Gasteiger partial charge in [0.25, 0.3) is 0 Å². The molecule has 5 nitrogen and oxygen atoms in total. The first-order valence-electron chi connectivity index (χ1n) is 9.17. The molecule has 1 saturated heterocycles. The van der Waals surface area contributed by atoms with Crippen molar-refractivity contribution >= 4 is 21.2 Å². The van der Waals surface area contributed by atoms with Crippen molar-refractivity contribution in [1.29, 1.82) is 0 Å². The molecule has 2 heterocycles. The van der Waals surface area contributed by atoms with E-state index in [1.807, 2.05) is 29.6 Å². The lowest BCUT2D eigenvalue weighted by Gasteiger charge is -2.21. The van der Waals surface area contributed by atoms with Crippen LogP contribution in [0.1, 0.15) is 12.8 Å². The molecule has 1 fully saturated rings. The van der Waals surface area contributed by atoms with Gasteiger partial charge in [-0.3, -0.25) is 0 Å². The van der Waals surface area contributed by atoms with Crippen molar-refractivity contribution < 1.29 is 17.9 Å². The lowest BCUT2D eigenvalue weighted by molar-refractivity contribution is 0.0723. The topological polar surface area (TPSA) is 65.5 Å². The van der Waals surface area contributed by atoms with Gasteiger partial charge in [-0.25, -0.2) is 13.4 Å². The molecule has 146 valence electrons. The molecule has 28 heavy (non-hydrogen) atoms. The van der Waals surface area contributed by atoms with E-state index < -0.39 is 9.84 Å². The summed E-state index contributed by atoms with van der Waals surface area (Å²) < 4.78 is 36.4. The third kappa shape index (κ3) is 4.60. The largest absolute Gasteiger partial charge is 0.457 e. The molecule has 0 saturated carbocycles. The van der Waals surface area contributed by atoms with E-state index in [-0.39, 0.29) is 11.7 Å². The zero-order chi connectivity index (χ0) is 19.4. The van der Waals surface area contributed by atoms with Gasteiger partial charge in [-0.1, -0.05) is 0 Å². The molecule has 0 aliphatic carbocycles. The van der Waals surface area contributed by atoms with Gasteiger partial charge in [0.2, 0.25) is 0 Å². The second-order valence-corrected chi connectivity index (χ2v) is 9.56. The van der Waals surface area contributed by atoms with Crippen LogP contribution < -0.4 is 4.74 Å². The maximum atomic E-state index is 12.6. The summed E-state index contributed by atoms with van der Waals surface area (Å²) in [4.78, 5) is 4.63. The summed E-state index contributed by atoms with van der Waals surface area (Å²) >= 11 is 1.56. The molecule has 0 atom stereocenters. The van der Waals surface area contributed by atoms with Gasteiger partial charge in [0, 0.05) is 24.2 Å². The Kier molecular flexibility index (Phi) is 5.75. The average molecular weight is 416 g/mol. The first-order valence-corrected chi connectivity index (χ1v) is 11.8. The number of rotatable bonds is 6. The highest BCUT2D eigenvalue weighted by Crippen LogP contribution is 2.27. The normalized spacial score (nSPS) is 15.4. The molecule has 4 rings (SSSR count). The first kappa shape index (κ1) is 19.1. The van der Waals surface area contributed by atoms with Crippen LogP contribution in [-0.2, 0) is 14.6 Å². The Morgan fingerprint density at radius 3 is 2.25 bits per heavy atom. The summed E-state index contributed by atoms with van der Waals surface area (Å²) in [5, 5.41) is 2.00. The smallest absolute Gasteiger partial charge is 0.178 e. The number of aromatic nitrogens is 1. The summed E-state index contributed by atoms with van der Waals surface area (Å²) in [5.74, 6) is 1.64. The van der Waals surface area contributed by atoms with Crippen molar-refractivity contribution in [3.8, 4) is 22.8 Å². The minimum absolute atomic E-state index is 0.172. The third-order valence-corrected chi connectivity index (χ3v) is 7.28. The molecule has 0 radical (unpaired) electrons. The second kappa shape index (κ2) is 8.43. The van der Waals surface area contributed by atoms with Crippen LogP contribution in [0.3, 0.4) is 0 Å². The molecule has 0 N–H and O–H groups in total. The predicted octanol–water partition coefficient (Wildman–Crippen LogP) is 4.80. The zero-order valence-electron chi connectivity index (χ0n) is 15.3. The Labute approximate surface area is 168 Å². The molecule has 0 spiro atoms. The summed E-state index contributed by atoms with van der Waals surface area (Å²) in [6.45, 7) is 1.29. The van der Waals surface area contributed by atoms with Crippen LogP contribution >= 0.6 is 11.3 Å². The van der Waals surface area contributed by atoms with Gasteiger partial charge >= 0.3 is 0 Å². The van der Waals surface area contributed by atoms with Crippen LogP contribution in [0.2, 0.25) is 0 Å². The van der Waals surface area contributed by atoms with E-state index in [0.717, 1.165) is 24.1 Å².